The zero-order chi connectivity index (χ0) is 23.0. The third-order valence-electron chi connectivity index (χ3n) is 4.09. The number of hydrogen-bond acceptors (Lipinski definition) is 6. The molecule has 3 rings (SSSR count). The summed E-state index contributed by atoms with van der Waals surface area (Å²) >= 11 is 0. The van der Waals surface area contributed by atoms with E-state index in [0.29, 0.717) is 18.1 Å². The van der Waals surface area contributed by atoms with Crippen molar-refractivity contribution >= 4 is 33.6 Å². The molecular formula is C22H21N3O6S. The van der Waals surface area contributed by atoms with Crippen molar-refractivity contribution in [2.45, 2.75) is 11.8 Å². The number of anilines is 1. The molecule has 9 nitrogen and oxygen atoms in total. The molecule has 0 saturated heterocycles. The Balaban J connectivity index is 1.55. The summed E-state index contributed by atoms with van der Waals surface area (Å²) in [5.74, 6) is -0.0414. The quantitative estimate of drug-likeness (QED) is 0.354. The summed E-state index contributed by atoms with van der Waals surface area (Å²) in [4.78, 5) is 24.0. The van der Waals surface area contributed by atoms with Crippen molar-refractivity contribution in [3.8, 4) is 5.75 Å². The Hall–Kier alpha value is -4.05. The molecule has 2 amide bonds. The Morgan fingerprint density at radius 2 is 1.72 bits per heavy atom. The minimum atomic E-state index is -3.80. The van der Waals surface area contributed by atoms with Crippen LogP contribution in [0.3, 0.4) is 0 Å². The summed E-state index contributed by atoms with van der Waals surface area (Å²) in [6, 6.07) is 15.1. The van der Waals surface area contributed by atoms with E-state index in [2.05, 4.69) is 15.6 Å². The van der Waals surface area contributed by atoms with Gasteiger partial charge in [-0.3, -0.25) is 25.2 Å². The number of amides is 2. The van der Waals surface area contributed by atoms with Crippen molar-refractivity contribution in [3.63, 3.8) is 0 Å². The summed E-state index contributed by atoms with van der Waals surface area (Å²) in [5.41, 5.74) is 5.01. The Bertz CT molecular complexity index is 1190. The maximum absolute atomic E-state index is 12.5. The van der Waals surface area contributed by atoms with Crippen LogP contribution in [0.15, 0.2) is 82.3 Å². The molecule has 0 aliphatic rings. The van der Waals surface area contributed by atoms with Gasteiger partial charge >= 0.3 is 0 Å². The van der Waals surface area contributed by atoms with Crippen LogP contribution in [0, 0.1) is 0 Å². The van der Waals surface area contributed by atoms with Crippen molar-refractivity contribution in [2.75, 3.05) is 11.3 Å². The van der Waals surface area contributed by atoms with Gasteiger partial charge in [-0.25, -0.2) is 8.42 Å². The fourth-order valence-electron chi connectivity index (χ4n) is 2.56. The normalized spacial score (nSPS) is 11.2. The number of rotatable bonds is 8. The zero-order valence-corrected chi connectivity index (χ0v) is 17.9. The summed E-state index contributed by atoms with van der Waals surface area (Å²) < 4.78 is 37.9. The maximum atomic E-state index is 12.5. The summed E-state index contributed by atoms with van der Waals surface area (Å²) in [6.07, 6.45) is 4.13. The molecule has 0 fully saturated rings. The van der Waals surface area contributed by atoms with Crippen LogP contribution in [0.25, 0.3) is 6.08 Å². The van der Waals surface area contributed by atoms with Crippen molar-refractivity contribution in [1.29, 1.82) is 0 Å². The lowest BCUT2D eigenvalue weighted by Crippen LogP contribution is -2.40. The zero-order valence-electron chi connectivity index (χ0n) is 17.1. The first-order chi connectivity index (χ1) is 15.4. The molecule has 1 aromatic heterocycles. The number of furan rings is 1. The number of hydrazine groups is 1. The molecule has 10 heteroatoms. The number of ether oxygens (including phenoxy) is 1. The molecule has 3 aromatic rings. The molecule has 1 heterocycles. The van der Waals surface area contributed by atoms with Crippen LogP contribution in [-0.4, -0.2) is 26.8 Å². The van der Waals surface area contributed by atoms with Crippen molar-refractivity contribution in [1.82, 2.24) is 10.9 Å². The second kappa shape index (κ2) is 10.3. The topological polar surface area (TPSA) is 127 Å². The van der Waals surface area contributed by atoms with E-state index in [9.17, 15) is 18.0 Å². The van der Waals surface area contributed by atoms with Crippen LogP contribution in [0.5, 0.6) is 5.75 Å². The first-order valence-corrected chi connectivity index (χ1v) is 11.0. The largest absolute Gasteiger partial charge is 0.494 e. The fraction of sp³-hybridized carbons (Fsp3) is 0.0909. The molecule has 0 atom stereocenters. The van der Waals surface area contributed by atoms with Gasteiger partial charge in [-0.1, -0.05) is 0 Å². The molecule has 0 aliphatic carbocycles. The number of carbonyl (C=O) groups is 2. The Morgan fingerprint density at radius 3 is 2.34 bits per heavy atom. The van der Waals surface area contributed by atoms with Crippen molar-refractivity contribution in [2.24, 2.45) is 0 Å². The first-order valence-electron chi connectivity index (χ1n) is 9.55. The van der Waals surface area contributed by atoms with Crippen molar-refractivity contribution in [3.05, 3.63) is 84.3 Å². The van der Waals surface area contributed by atoms with Gasteiger partial charge in [-0.15, -0.1) is 0 Å². The van der Waals surface area contributed by atoms with E-state index < -0.39 is 21.8 Å². The van der Waals surface area contributed by atoms with Gasteiger partial charge in [0.25, 0.3) is 21.8 Å². The van der Waals surface area contributed by atoms with Crippen LogP contribution in [0.2, 0.25) is 0 Å². The standard InChI is InChI=1S/C22H21N3O6S/c1-2-30-19-9-12-20(13-10-19)32(28,29)25-17-7-5-16(6-8-17)22(27)24-23-21(26)14-11-18-4-3-15-31-18/h3-15,25H,2H2,1H3,(H,23,26)(H,24,27)/b14-11+. The van der Waals surface area contributed by atoms with Gasteiger partial charge in [0.2, 0.25) is 0 Å². The molecule has 0 unspecified atom stereocenters. The van der Waals surface area contributed by atoms with Crippen LogP contribution >= 0.6 is 0 Å². The number of sulfonamides is 1. The highest BCUT2D eigenvalue weighted by Crippen LogP contribution is 2.19. The molecule has 0 aliphatic heterocycles. The first kappa shape index (κ1) is 22.6. The van der Waals surface area contributed by atoms with Crippen molar-refractivity contribution < 1.29 is 27.2 Å². The summed E-state index contributed by atoms with van der Waals surface area (Å²) in [7, 11) is -3.80. The van der Waals surface area contributed by atoms with Gasteiger partial charge in [-0.2, -0.15) is 0 Å². The predicted molar refractivity (Wildman–Crippen MR) is 118 cm³/mol. The highest BCUT2D eigenvalue weighted by atomic mass is 32.2. The van der Waals surface area contributed by atoms with Gasteiger partial charge in [0.1, 0.15) is 11.5 Å². The third-order valence-corrected chi connectivity index (χ3v) is 5.48. The minimum absolute atomic E-state index is 0.0769. The lowest BCUT2D eigenvalue weighted by Gasteiger charge is -2.10. The van der Waals surface area contributed by atoms with E-state index in [4.69, 9.17) is 9.15 Å². The second-order valence-electron chi connectivity index (χ2n) is 6.38. The van der Waals surface area contributed by atoms with Gasteiger partial charge in [0.15, 0.2) is 0 Å². The highest BCUT2D eigenvalue weighted by molar-refractivity contribution is 7.92. The predicted octanol–water partition coefficient (Wildman–Crippen LogP) is 2.95. The number of carbonyl (C=O) groups excluding carboxylic acids is 2. The average Bonchev–Trinajstić information content (AvgIpc) is 3.31. The molecular weight excluding hydrogens is 434 g/mol. The Morgan fingerprint density at radius 1 is 1.00 bits per heavy atom. The SMILES string of the molecule is CCOc1ccc(S(=O)(=O)Nc2ccc(C(=O)NNC(=O)/C=C/c3ccco3)cc2)cc1. The van der Waals surface area contributed by atoms with Gasteiger partial charge in [0.05, 0.1) is 17.8 Å². The van der Waals surface area contributed by atoms with E-state index in [0.717, 1.165) is 0 Å². The Kier molecular flexibility index (Phi) is 7.29. The summed E-state index contributed by atoms with van der Waals surface area (Å²) in [6.45, 7) is 2.32. The second-order valence-corrected chi connectivity index (χ2v) is 8.06. The molecule has 0 saturated carbocycles. The molecule has 0 bridgehead atoms. The monoisotopic (exact) mass is 455 g/mol. The Labute approximate surface area is 185 Å². The summed E-state index contributed by atoms with van der Waals surface area (Å²) in [5, 5.41) is 0. The maximum Gasteiger partial charge on any atom is 0.269 e. The van der Waals surface area contributed by atoms with Crippen LogP contribution in [0.4, 0.5) is 5.69 Å². The van der Waals surface area contributed by atoms with E-state index in [-0.39, 0.29) is 16.1 Å². The van der Waals surface area contributed by atoms with Crippen LogP contribution in [0.1, 0.15) is 23.0 Å². The third kappa shape index (κ3) is 6.22. The van der Waals surface area contributed by atoms with Gasteiger partial charge < -0.3 is 9.15 Å². The molecule has 166 valence electrons. The van der Waals surface area contributed by atoms with E-state index in [1.54, 1.807) is 24.3 Å². The number of nitrogens with one attached hydrogen (secondary N) is 3. The minimum Gasteiger partial charge on any atom is -0.494 e. The van der Waals surface area contributed by atoms with Crippen LogP contribution in [-0.2, 0) is 14.8 Å². The van der Waals surface area contributed by atoms with E-state index in [1.807, 2.05) is 6.92 Å². The van der Waals surface area contributed by atoms with Gasteiger partial charge in [-0.05, 0) is 73.7 Å². The van der Waals surface area contributed by atoms with E-state index in [1.165, 1.54) is 54.8 Å². The van der Waals surface area contributed by atoms with Crippen LogP contribution < -0.4 is 20.3 Å². The lowest BCUT2D eigenvalue weighted by atomic mass is 10.2. The smallest absolute Gasteiger partial charge is 0.269 e. The van der Waals surface area contributed by atoms with Gasteiger partial charge in [0, 0.05) is 17.3 Å². The molecule has 32 heavy (non-hydrogen) atoms. The molecule has 3 N–H and O–H groups in total. The lowest BCUT2D eigenvalue weighted by molar-refractivity contribution is -0.117. The highest BCUT2D eigenvalue weighted by Gasteiger charge is 2.15. The average molecular weight is 455 g/mol. The number of hydrogen-bond donors (Lipinski definition) is 3. The number of benzene rings is 2. The molecule has 0 spiro atoms. The molecule has 2 aromatic carbocycles. The fourth-order valence-corrected chi connectivity index (χ4v) is 3.62. The van der Waals surface area contributed by atoms with E-state index >= 15 is 0 Å². The molecule has 0 radical (unpaired) electrons.